The Kier molecular flexibility index (Phi) is 5.31. The number of amides is 2. The van der Waals surface area contributed by atoms with Gasteiger partial charge < -0.3 is 0 Å². The van der Waals surface area contributed by atoms with Crippen LogP contribution in [0.2, 0.25) is 10.0 Å². The van der Waals surface area contributed by atoms with Gasteiger partial charge in [-0.1, -0.05) is 47.5 Å². The average molecular weight is 409 g/mol. The largest absolute Gasteiger partial charge is 0.293 e. The highest BCUT2D eigenvalue weighted by Gasteiger charge is 2.35. The van der Waals surface area contributed by atoms with E-state index in [0.29, 0.717) is 21.2 Å². The van der Waals surface area contributed by atoms with Gasteiger partial charge in [-0.25, -0.2) is 0 Å². The molecule has 0 radical (unpaired) electrons. The fourth-order valence-electron chi connectivity index (χ4n) is 2.32. The van der Waals surface area contributed by atoms with E-state index in [1.165, 1.54) is 30.3 Å². The summed E-state index contributed by atoms with van der Waals surface area (Å²) in [7, 11) is 0. The monoisotopic (exact) mass is 408 g/mol. The maximum absolute atomic E-state index is 12.5. The molecular weight excluding hydrogens is 399 g/mol. The Labute approximate surface area is 162 Å². The second-order valence-electron chi connectivity index (χ2n) is 5.33. The summed E-state index contributed by atoms with van der Waals surface area (Å²) in [4.78, 5) is 36.2. The van der Waals surface area contributed by atoms with Crippen molar-refractivity contribution in [3.8, 4) is 0 Å². The molecule has 0 N–H and O–H groups in total. The standard InChI is InChI=1S/C17H10Cl2N2O4S/c18-13-3-1-2-11(15(13)19)8-14-16(22)20(17(23)26-14)9-10-4-6-12(7-5-10)21(24)25/h1-8H,9H2/b14-8+. The molecule has 0 aliphatic carbocycles. The molecule has 1 aliphatic heterocycles. The molecule has 0 spiro atoms. The zero-order valence-corrected chi connectivity index (χ0v) is 15.3. The number of thioether (sulfide) groups is 1. The summed E-state index contributed by atoms with van der Waals surface area (Å²) < 4.78 is 0. The Morgan fingerprint density at radius 3 is 2.46 bits per heavy atom. The van der Waals surface area contributed by atoms with Gasteiger partial charge in [0.15, 0.2) is 0 Å². The Balaban J connectivity index is 1.81. The van der Waals surface area contributed by atoms with Gasteiger partial charge in [0.2, 0.25) is 0 Å². The lowest BCUT2D eigenvalue weighted by Crippen LogP contribution is -2.27. The van der Waals surface area contributed by atoms with E-state index >= 15 is 0 Å². The van der Waals surface area contributed by atoms with Crippen LogP contribution in [-0.2, 0) is 11.3 Å². The molecule has 1 saturated heterocycles. The van der Waals surface area contributed by atoms with Gasteiger partial charge in [0, 0.05) is 12.1 Å². The van der Waals surface area contributed by atoms with Gasteiger partial charge in [0.05, 0.1) is 26.4 Å². The molecule has 0 bridgehead atoms. The Bertz CT molecular complexity index is 944. The smallest absolute Gasteiger partial charge is 0.268 e. The van der Waals surface area contributed by atoms with Crippen LogP contribution in [0.15, 0.2) is 47.4 Å². The van der Waals surface area contributed by atoms with E-state index in [4.69, 9.17) is 23.2 Å². The number of hydrogen-bond acceptors (Lipinski definition) is 5. The van der Waals surface area contributed by atoms with Crippen molar-refractivity contribution >= 4 is 57.9 Å². The SMILES string of the molecule is O=C1S/C(=C/c2cccc(Cl)c2Cl)C(=O)N1Cc1ccc([N+](=O)[O-])cc1. The summed E-state index contributed by atoms with van der Waals surface area (Å²) in [5.41, 5.74) is 1.10. The molecule has 0 unspecified atom stereocenters. The summed E-state index contributed by atoms with van der Waals surface area (Å²) in [6.45, 7) is 0.0310. The first-order valence-corrected chi connectivity index (χ1v) is 8.87. The van der Waals surface area contributed by atoms with Crippen LogP contribution < -0.4 is 0 Å². The number of non-ortho nitro benzene ring substituents is 1. The van der Waals surface area contributed by atoms with Crippen LogP contribution in [0.3, 0.4) is 0 Å². The minimum absolute atomic E-state index is 0.0310. The summed E-state index contributed by atoms with van der Waals surface area (Å²) in [5, 5.41) is 10.9. The van der Waals surface area contributed by atoms with Gasteiger partial charge in [-0.3, -0.25) is 24.6 Å². The summed E-state index contributed by atoms with van der Waals surface area (Å²) >= 11 is 12.9. The van der Waals surface area contributed by atoms with E-state index in [0.717, 1.165) is 16.7 Å². The first-order chi connectivity index (χ1) is 12.4. The number of carbonyl (C=O) groups excluding carboxylic acids is 2. The molecule has 1 fully saturated rings. The van der Waals surface area contributed by atoms with Gasteiger partial charge in [-0.15, -0.1) is 0 Å². The molecule has 0 aromatic heterocycles. The van der Waals surface area contributed by atoms with Gasteiger partial charge >= 0.3 is 0 Å². The fourth-order valence-corrected chi connectivity index (χ4v) is 3.51. The third-order valence-corrected chi connectivity index (χ3v) is 5.37. The second-order valence-corrected chi connectivity index (χ2v) is 7.11. The number of benzene rings is 2. The number of halogens is 2. The molecule has 9 heteroatoms. The maximum Gasteiger partial charge on any atom is 0.293 e. The summed E-state index contributed by atoms with van der Waals surface area (Å²) in [6, 6.07) is 10.7. The lowest BCUT2D eigenvalue weighted by atomic mass is 10.2. The van der Waals surface area contributed by atoms with Crippen LogP contribution in [0.4, 0.5) is 10.5 Å². The quantitative estimate of drug-likeness (QED) is 0.397. The van der Waals surface area contributed by atoms with Crippen molar-refractivity contribution < 1.29 is 14.5 Å². The van der Waals surface area contributed by atoms with E-state index in [-0.39, 0.29) is 17.1 Å². The molecule has 2 aromatic carbocycles. The van der Waals surface area contributed by atoms with E-state index in [1.807, 2.05) is 0 Å². The number of nitro groups is 1. The lowest BCUT2D eigenvalue weighted by molar-refractivity contribution is -0.384. The van der Waals surface area contributed by atoms with Gasteiger partial charge in [-0.05, 0) is 35.0 Å². The van der Waals surface area contributed by atoms with Crippen molar-refractivity contribution in [3.63, 3.8) is 0 Å². The number of rotatable bonds is 4. The zero-order valence-electron chi connectivity index (χ0n) is 13.0. The number of hydrogen-bond donors (Lipinski definition) is 0. The van der Waals surface area contributed by atoms with Crippen LogP contribution >= 0.6 is 35.0 Å². The molecule has 3 rings (SSSR count). The second kappa shape index (κ2) is 7.49. The summed E-state index contributed by atoms with van der Waals surface area (Å²) in [5.74, 6) is -0.450. The first kappa shape index (κ1) is 18.4. The van der Waals surface area contributed by atoms with Crippen LogP contribution in [0.1, 0.15) is 11.1 Å². The minimum atomic E-state index is -0.513. The highest BCUT2D eigenvalue weighted by molar-refractivity contribution is 8.18. The van der Waals surface area contributed by atoms with E-state index in [9.17, 15) is 19.7 Å². The molecule has 6 nitrogen and oxygen atoms in total. The number of nitrogens with zero attached hydrogens (tertiary/aromatic N) is 2. The maximum atomic E-state index is 12.5. The molecule has 0 saturated carbocycles. The van der Waals surface area contributed by atoms with Gasteiger partial charge in [0.1, 0.15) is 0 Å². The van der Waals surface area contributed by atoms with Gasteiger partial charge in [0.25, 0.3) is 16.8 Å². The van der Waals surface area contributed by atoms with E-state index < -0.39 is 16.1 Å². The lowest BCUT2D eigenvalue weighted by Gasteiger charge is -2.12. The molecule has 2 amide bonds. The zero-order chi connectivity index (χ0) is 18.8. The van der Waals surface area contributed by atoms with Crippen molar-refractivity contribution in [3.05, 3.63) is 78.7 Å². The molecule has 1 heterocycles. The Morgan fingerprint density at radius 1 is 1.12 bits per heavy atom. The van der Waals surface area contributed by atoms with Crippen molar-refractivity contribution in [1.29, 1.82) is 0 Å². The highest BCUT2D eigenvalue weighted by atomic mass is 35.5. The fraction of sp³-hybridized carbons (Fsp3) is 0.0588. The summed E-state index contributed by atoms with van der Waals surface area (Å²) in [6.07, 6.45) is 1.52. The molecule has 132 valence electrons. The first-order valence-electron chi connectivity index (χ1n) is 7.29. The minimum Gasteiger partial charge on any atom is -0.268 e. The number of nitro benzene ring substituents is 1. The topological polar surface area (TPSA) is 80.5 Å². The Hall–Kier alpha value is -2.35. The third kappa shape index (κ3) is 3.75. The van der Waals surface area contributed by atoms with Gasteiger partial charge in [-0.2, -0.15) is 0 Å². The molecule has 26 heavy (non-hydrogen) atoms. The van der Waals surface area contributed by atoms with Crippen LogP contribution in [0, 0.1) is 10.1 Å². The predicted octanol–water partition coefficient (Wildman–Crippen LogP) is 5.14. The molecule has 0 atom stereocenters. The van der Waals surface area contributed by atoms with Crippen LogP contribution in [0.25, 0.3) is 6.08 Å². The Morgan fingerprint density at radius 2 is 1.81 bits per heavy atom. The average Bonchev–Trinajstić information content (AvgIpc) is 2.87. The molecular formula is C17H10Cl2N2O4S. The van der Waals surface area contributed by atoms with Crippen molar-refractivity contribution in [2.24, 2.45) is 0 Å². The predicted molar refractivity (Wildman–Crippen MR) is 101 cm³/mol. The number of imide groups is 1. The van der Waals surface area contributed by atoms with Crippen LogP contribution in [0.5, 0.6) is 0 Å². The molecule has 1 aliphatic rings. The van der Waals surface area contributed by atoms with Crippen molar-refractivity contribution in [2.45, 2.75) is 6.54 Å². The van der Waals surface area contributed by atoms with E-state index in [1.54, 1.807) is 18.2 Å². The number of carbonyl (C=O) groups is 2. The van der Waals surface area contributed by atoms with Crippen molar-refractivity contribution in [1.82, 2.24) is 4.90 Å². The van der Waals surface area contributed by atoms with Crippen LogP contribution in [-0.4, -0.2) is 21.0 Å². The van der Waals surface area contributed by atoms with Crippen molar-refractivity contribution in [2.75, 3.05) is 0 Å². The van der Waals surface area contributed by atoms with E-state index in [2.05, 4.69) is 0 Å². The third-order valence-electron chi connectivity index (χ3n) is 3.63. The molecule has 2 aromatic rings. The highest BCUT2D eigenvalue weighted by Crippen LogP contribution is 2.35. The normalized spacial score (nSPS) is 15.8.